The molecule has 1 amide bonds. The molecule has 0 aliphatic rings. The first kappa shape index (κ1) is 15.7. The Bertz CT molecular complexity index is 266. The van der Waals surface area contributed by atoms with Crippen LogP contribution in [0.2, 0.25) is 0 Å². The molecule has 100 valence electrons. The Hall–Kier alpha value is -1.27. The fraction of sp³-hybridized carbons (Fsp3) is 0.800. The van der Waals surface area contributed by atoms with Crippen molar-refractivity contribution in [3.05, 3.63) is 0 Å². The summed E-state index contributed by atoms with van der Waals surface area (Å²) in [4.78, 5) is 21.2. The highest BCUT2D eigenvalue weighted by Gasteiger charge is 2.40. The molecule has 0 rings (SSSR count). The molecule has 0 heterocycles. The monoisotopic (exact) mass is 255 g/mol. The second-order valence-corrected chi connectivity index (χ2v) is 3.71. The minimum Gasteiger partial charge on any atom is -0.480 e. The number of hydrogen-bond donors (Lipinski definition) is 2. The summed E-state index contributed by atoms with van der Waals surface area (Å²) in [6, 6.07) is -1.47. The molecule has 0 saturated carbocycles. The van der Waals surface area contributed by atoms with E-state index >= 15 is 0 Å². The van der Waals surface area contributed by atoms with Crippen LogP contribution in [0, 0.1) is 0 Å². The minimum absolute atomic E-state index is 0.0111. The van der Waals surface area contributed by atoms with E-state index in [1.165, 1.54) is 5.32 Å². The van der Waals surface area contributed by atoms with Crippen LogP contribution in [-0.2, 0) is 9.59 Å². The van der Waals surface area contributed by atoms with Crippen molar-refractivity contribution in [3.8, 4) is 0 Å². The number of carboxylic acid groups (broad SMARTS) is 1. The first-order valence-corrected chi connectivity index (χ1v) is 5.39. The van der Waals surface area contributed by atoms with Gasteiger partial charge in [-0.2, -0.15) is 13.2 Å². The molecule has 0 radical (unpaired) electrons. The highest BCUT2D eigenvalue weighted by atomic mass is 19.4. The second kappa shape index (κ2) is 7.13. The molecule has 0 aliphatic heterocycles. The van der Waals surface area contributed by atoms with Gasteiger partial charge in [0, 0.05) is 0 Å². The normalized spacial score (nSPS) is 13.2. The van der Waals surface area contributed by atoms with Gasteiger partial charge in [0.25, 0.3) is 0 Å². The summed E-state index contributed by atoms with van der Waals surface area (Å²) in [5.41, 5.74) is 0. The topological polar surface area (TPSA) is 66.4 Å². The minimum atomic E-state index is -5.04. The first-order chi connectivity index (χ1) is 7.79. The summed E-state index contributed by atoms with van der Waals surface area (Å²) in [6.45, 7) is 1.96. The number of amides is 1. The lowest BCUT2D eigenvalue weighted by atomic mass is 10.1. The van der Waals surface area contributed by atoms with E-state index in [1.807, 2.05) is 6.92 Å². The number of hydrogen-bond acceptors (Lipinski definition) is 2. The average Bonchev–Trinajstić information content (AvgIpc) is 2.20. The van der Waals surface area contributed by atoms with Crippen LogP contribution in [0.1, 0.15) is 39.0 Å². The molecule has 0 aliphatic carbocycles. The summed E-state index contributed by atoms with van der Waals surface area (Å²) in [6.07, 6.45) is -1.99. The summed E-state index contributed by atoms with van der Waals surface area (Å²) in [7, 11) is 0. The Balaban J connectivity index is 4.17. The zero-order valence-corrected chi connectivity index (χ0v) is 9.51. The maximum Gasteiger partial charge on any atom is 0.471 e. The summed E-state index contributed by atoms with van der Waals surface area (Å²) < 4.78 is 35.7. The van der Waals surface area contributed by atoms with Crippen LogP contribution in [0.15, 0.2) is 0 Å². The number of alkyl halides is 3. The largest absolute Gasteiger partial charge is 0.480 e. The van der Waals surface area contributed by atoms with Crippen LogP contribution >= 0.6 is 0 Å². The Kier molecular flexibility index (Phi) is 6.60. The summed E-state index contributed by atoms with van der Waals surface area (Å²) in [5.74, 6) is -3.65. The van der Waals surface area contributed by atoms with Gasteiger partial charge in [-0.1, -0.05) is 32.6 Å². The molecule has 0 spiro atoms. The summed E-state index contributed by atoms with van der Waals surface area (Å²) >= 11 is 0. The third kappa shape index (κ3) is 6.80. The van der Waals surface area contributed by atoms with Gasteiger partial charge >= 0.3 is 18.1 Å². The Morgan fingerprint density at radius 2 is 1.82 bits per heavy atom. The number of carbonyl (C=O) groups is 2. The van der Waals surface area contributed by atoms with Crippen LogP contribution in [0.25, 0.3) is 0 Å². The lowest BCUT2D eigenvalue weighted by molar-refractivity contribution is -0.175. The van der Waals surface area contributed by atoms with Crippen molar-refractivity contribution in [2.45, 2.75) is 51.2 Å². The van der Waals surface area contributed by atoms with E-state index in [0.29, 0.717) is 6.42 Å². The molecule has 0 aromatic heterocycles. The molecule has 0 aromatic carbocycles. The van der Waals surface area contributed by atoms with Gasteiger partial charge in [0.2, 0.25) is 0 Å². The first-order valence-electron chi connectivity index (χ1n) is 5.39. The molecule has 0 aromatic rings. The highest BCUT2D eigenvalue weighted by Crippen LogP contribution is 2.15. The maximum atomic E-state index is 11.9. The molecule has 7 heteroatoms. The molecular formula is C10H16F3NO3. The van der Waals surface area contributed by atoms with E-state index in [1.54, 1.807) is 0 Å². The van der Waals surface area contributed by atoms with Crippen molar-refractivity contribution in [3.63, 3.8) is 0 Å². The molecule has 0 unspecified atom stereocenters. The molecular weight excluding hydrogens is 239 g/mol. The number of halogens is 3. The predicted molar refractivity (Wildman–Crippen MR) is 54.4 cm³/mol. The fourth-order valence-electron chi connectivity index (χ4n) is 1.27. The van der Waals surface area contributed by atoms with Gasteiger partial charge in [0.15, 0.2) is 0 Å². The van der Waals surface area contributed by atoms with Crippen molar-refractivity contribution in [1.82, 2.24) is 5.32 Å². The van der Waals surface area contributed by atoms with Gasteiger partial charge < -0.3 is 10.4 Å². The lowest BCUT2D eigenvalue weighted by Crippen LogP contribution is -2.46. The number of unbranched alkanes of at least 4 members (excludes halogenated alkanes) is 3. The van der Waals surface area contributed by atoms with Gasteiger partial charge in [-0.25, -0.2) is 4.79 Å². The molecule has 1 atom stereocenters. The smallest absolute Gasteiger partial charge is 0.471 e. The third-order valence-electron chi connectivity index (χ3n) is 2.21. The van der Waals surface area contributed by atoms with Gasteiger partial charge in [0.1, 0.15) is 6.04 Å². The van der Waals surface area contributed by atoms with Crippen molar-refractivity contribution in [1.29, 1.82) is 0 Å². The van der Waals surface area contributed by atoms with E-state index < -0.39 is 24.1 Å². The maximum absolute atomic E-state index is 11.9. The lowest BCUT2D eigenvalue weighted by Gasteiger charge is -2.15. The van der Waals surface area contributed by atoms with E-state index in [9.17, 15) is 22.8 Å². The van der Waals surface area contributed by atoms with E-state index in [-0.39, 0.29) is 6.42 Å². The molecule has 2 N–H and O–H groups in total. The van der Waals surface area contributed by atoms with Crippen molar-refractivity contribution >= 4 is 11.9 Å². The van der Waals surface area contributed by atoms with Gasteiger partial charge in [0.05, 0.1) is 0 Å². The SMILES string of the molecule is CCCCCC[C@H](NC(=O)C(F)(F)F)C(=O)O. The van der Waals surface area contributed by atoms with Crippen molar-refractivity contribution in [2.24, 2.45) is 0 Å². The Labute approximate surface area is 97.2 Å². The van der Waals surface area contributed by atoms with Gasteiger partial charge in [-0.15, -0.1) is 0 Å². The molecule has 0 saturated heterocycles. The van der Waals surface area contributed by atoms with Crippen molar-refractivity contribution < 1.29 is 27.9 Å². The van der Waals surface area contributed by atoms with E-state index in [4.69, 9.17) is 5.11 Å². The van der Waals surface area contributed by atoms with Gasteiger partial charge in [-0.05, 0) is 6.42 Å². The Morgan fingerprint density at radius 1 is 1.24 bits per heavy atom. The van der Waals surface area contributed by atoms with E-state index in [2.05, 4.69) is 0 Å². The number of carbonyl (C=O) groups excluding carboxylic acids is 1. The fourth-order valence-corrected chi connectivity index (χ4v) is 1.27. The summed E-state index contributed by atoms with van der Waals surface area (Å²) in [5, 5.41) is 10.1. The number of aliphatic carboxylic acids is 1. The predicted octanol–water partition coefficient (Wildman–Crippen LogP) is 2.09. The van der Waals surface area contributed by atoms with Crippen molar-refractivity contribution in [2.75, 3.05) is 0 Å². The van der Waals surface area contributed by atoms with Crippen LogP contribution in [-0.4, -0.2) is 29.2 Å². The Morgan fingerprint density at radius 3 is 2.24 bits per heavy atom. The van der Waals surface area contributed by atoms with Gasteiger partial charge in [-0.3, -0.25) is 4.79 Å². The standard InChI is InChI=1S/C10H16F3NO3/c1-2-3-4-5-6-7(8(15)16)14-9(17)10(11,12)13/h7H,2-6H2,1H3,(H,14,17)(H,15,16)/t7-/m0/s1. The van der Waals surface area contributed by atoms with Crippen LogP contribution in [0.3, 0.4) is 0 Å². The number of carboxylic acids is 1. The quantitative estimate of drug-likeness (QED) is 0.684. The zero-order valence-electron chi connectivity index (χ0n) is 9.51. The average molecular weight is 255 g/mol. The van der Waals surface area contributed by atoms with Crippen LogP contribution in [0.5, 0.6) is 0 Å². The van der Waals surface area contributed by atoms with E-state index in [0.717, 1.165) is 19.3 Å². The molecule has 17 heavy (non-hydrogen) atoms. The number of rotatable bonds is 7. The third-order valence-corrected chi connectivity index (χ3v) is 2.21. The van der Waals surface area contributed by atoms with Crippen LogP contribution in [0.4, 0.5) is 13.2 Å². The van der Waals surface area contributed by atoms with Crippen LogP contribution < -0.4 is 5.32 Å². The number of nitrogens with one attached hydrogen (secondary N) is 1. The second-order valence-electron chi connectivity index (χ2n) is 3.71. The molecule has 0 bridgehead atoms. The molecule has 0 fully saturated rings. The zero-order chi connectivity index (χ0) is 13.5. The molecule has 4 nitrogen and oxygen atoms in total. The highest BCUT2D eigenvalue weighted by molar-refractivity contribution is 5.86.